The molecule has 22 nitrogen and oxygen atoms in total. The first-order valence-electron chi connectivity index (χ1n) is 29.4. The van der Waals surface area contributed by atoms with Crippen LogP contribution in [0, 0.1) is 71.0 Å². The molecule has 11 N–H and O–H groups in total. The minimum absolute atomic E-state index is 0.136. The standard InChI is InChI=1S/C59H100N4O18/c1-26(2)38(21-43(69)48(60)30(9)20-45-32(11)55(52(73)47(25-65)79-45)81-59-54(75)53(74)51(72)46(24-64)80-59)50(71)37-18-16-15-17-36(37)42(68)19-31(10)56(76)62-34(13)41(67)22-39(27(3)4)58(78)63-49(29(7)8)44(70)23-40(28(5)6)57(77)61-33(12)35(14)66/h26-34,36-40,45-49,51-55,59,64-65,72-75H,15-25,60H2,1-14H3,(H,61,77)(H,62,76)(H,63,78)/t30?,31?,32?,33-,34-,36+,37?,38?,39?,40?,45+,46?,47?,48-,49-,51-,52-,53-,54?,55+,59-/m0/s1. The van der Waals surface area contributed by atoms with Crippen molar-refractivity contribution in [2.24, 2.45) is 76.7 Å². The topological polar surface area (TPSA) is 365 Å². The second-order valence-corrected chi connectivity index (χ2v) is 25.1. The van der Waals surface area contributed by atoms with Crippen LogP contribution in [0.3, 0.4) is 0 Å². The molecule has 0 spiro atoms. The van der Waals surface area contributed by atoms with E-state index < -0.39 is 169 Å². The molecule has 0 aromatic rings. The van der Waals surface area contributed by atoms with E-state index in [9.17, 15) is 73.8 Å². The Kier molecular flexibility index (Phi) is 28.5. The third-order valence-corrected chi connectivity index (χ3v) is 17.4. The summed E-state index contributed by atoms with van der Waals surface area (Å²) in [5, 5.41) is 70.4. The lowest BCUT2D eigenvalue weighted by atomic mass is 9.68. The molecule has 2 aliphatic heterocycles. The van der Waals surface area contributed by atoms with Gasteiger partial charge in [0, 0.05) is 67.1 Å². The molecule has 21 atom stereocenters. The van der Waals surface area contributed by atoms with Gasteiger partial charge in [0.1, 0.15) is 48.2 Å². The fraction of sp³-hybridized carbons (Fsp3) is 0.847. The lowest BCUT2D eigenvalue weighted by molar-refractivity contribution is -0.336. The second-order valence-electron chi connectivity index (χ2n) is 25.1. The quantitative estimate of drug-likeness (QED) is 0.0458. The number of carbonyl (C=O) groups is 9. The van der Waals surface area contributed by atoms with Crippen molar-refractivity contribution in [2.75, 3.05) is 13.2 Å². The third-order valence-electron chi connectivity index (χ3n) is 17.4. The predicted molar refractivity (Wildman–Crippen MR) is 297 cm³/mol. The number of aliphatic hydroxyl groups is 6. The summed E-state index contributed by atoms with van der Waals surface area (Å²) >= 11 is 0. The van der Waals surface area contributed by atoms with Crippen molar-refractivity contribution in [3.8, 4) is 0 Å². The first-order valence-corrected chi connectivity index (χ1v) is 29.4. The number of ketones is 6. The molecule has 2 heterocycles. The number of Topliss-reactive ketones (excluding diaryl/α,β-unsaturated/α-hetero) is 6. The molecular formula is C59H100N4O18. The number of aliphatic hydroxyl groups excluding tert-OH is 6. The zero-order valence-corrected chi connectivity index (χ0v) is 50.4. The number of amides is 3. The summed E-state index contributed by atoms with van der Waals surface area (Å²) in [5.41, 5.74) is 6.62. The van der Waals surface area contributed by atoms with Gasteiger partial charge in [0.2, 0.25) is 17.7 Å². The van der Waals surface area contributed by atoms with Crippen LogP contribution >= 0.6 is 0 Å². The Balaban J connectivity index is 1.64. The Morgan fingerprint density at radius 2 is 1.05 bits per heavy atom. The van der Waals surface area contributed by atoms with Crippen molar-refractivity contribution >= 4 is 52.4 Å². The molecule has 0 radical (unpaired) electrons. The molecule has 0 bridgehead atoms. The van der Waals surface area contributed by atoms with E-state index in [1.165, 1.54) is 13.8 Å². The minimum atomic E-state index is -1.75. The first kappa shape index (κ1) is 71.3. The Labute approximate surface area is 478 Å². The lowest BCUT2D eigenvalue weighted by Crippen LogP contribution is -2.63. The van der Waals surface area contributed by atoms with Gasteiger partial charge in [-0.15, -0.1) is 0 Å². The third kappa shape index (κ3) is 19.3. The van der Waals surface area contributed by atoms with Crippen molar-refractivity contribution in [3.63, 3.8) is 0 Å². The number of hydrogen-bond donors (Lipinski definition) is 10. The predicted octanol–water partition coefficient (Wildman–Crippen LogP) is 1.69. The molecule has 3 amide bonds. The second kappa shape index (κ2) is 32.3. The number of nitrogens with two attached hydrogens (primary N) is 1. The normalized spacial score (nSPS) is 29.6. The Hall–Kier alpha value is -3.97. The summed E-state index contributed by atoms with van der Waals surface area (Å²) in [6.07, 6.45) is -11.0. The molecule has 10 unspecified atom stereocenters. The summed E-state index contributed by atoms with van der Waals surface area (Å²) in [7, 11) is 0. The van der Waals surface area contributed by atoms with Gasteiger partial charge in [-0.25, -0.2) is 0 Å². The summed E-state index contributed by atoms with van der Waals surface area (Å²) in [4.78, 5) is 123. The minimum Gasteiger partial charge on any atom is -0.394 e. The van der Waals surface area contributed by atoms with E-state index in [1.54, 1.807) is 69.2 Å². The average molecular weight is 1150 g/mol. The van der Waals surface area contributed by atoms with Gasteiger partial charge in [0.15, 0.2) is 29.4 Å². The van der Waals surface area contributed by atoms with Crippen LogP contribution in [0.1, 0.15) is 155 Å². The van der Waals surface area contributed by atoms with Gasteiger partial charge in [-0.1, -0.05) is 89.0 Å². The van der Waals surface area contributed by atoms with E-state index in [0.717, 1.165) is 0 Å². The van der Waals surface area contributed by atoms with Crippen LogP contribution in [0.25, 0.3) is 0 Å². The van der Waals surface area contributed by atoms with E-state index in [4.69, 9.17) is 19.9 Å². The van der Waals surface area contributed by atoms with Crippen LogP contribution in [-0.4, -0.2) is 176 Å². The van der Waals surface area contributed by atoms with E-state index >= 15 is 0 Å². The van der Waals surface area contributed by atoms with E-state index in [1.807, 2.05) is 13.8 Å². The monoisotopic (exact) mass is 1150 g/mol. The van der Waals surface area contributed by atoms with Crippen LogP contribution in [0.4, 0.5) is 0 Å². The van der Waals surface area contributed by atoms with Crippen LogP contribution in [0.5, 0.6) is 0 Å². The Morgan fingerprint density at radius 1 is 0.556 bits per heavy atom. The first-order chi connectivity index (χ1) is 37.7. The van der Waals surface area contributed by atoms with E-state index in [0.29, 0.717) is 25.7 Å². The lowest BCUT2D eigenvalue weighted by Gasteiger charge is -2.47. The Bertz CT molecular complexity index is 2140. The molecule has 2 saturated heterocycles. The average Bonchev–Trinajstić information content (AvgIpc) is 3.44. The highest BCUT2D eigenvalue weighted by molar-refractivity contribution is 5.98. The van der Waals surface area contributed by atoms with Crippen molar-refractivity contribution in [2.45, 2.75) is 234 Å². The Morgan fingerprint density at radius 3 is 1.57 bits per heavy atom. The van der Waals surface area contributed by atoms with Crippen LogP contribution in [0.15, 0.2) is 0 Å². The molecule has 0 aromatic heterocycles. The van der Waals surface area contributed by atoms with Gasteiger partial charge >= 0.3 is 0 Å². The highest BCUT2D eigenvalue weighted by Gasteiger charge is 2.50. The zero-order chi connectivity index (χ0) is 61.7. The maximum absolute atomic E-state index is 14.5. The zero-order valence-electron chi connectivity index (χ0n) is 50.4. The highest BCUT2D eigenvalue weighted by Crippen LogP contribution is 2.39. The maximum Gasteiger partial charge on any atom is 0.224 e. The van der Waals surface area contributed by atoms with Crippen LogP contribution in [-0.2, 0) is 57.4 Å². The number of carbonyl (C=O) groups excluding carboxylic acids is 9. The number of nitrogens with one attached hydrogen (secondary N) is 3. The van der Waals surface area contributed by atoms with Crippen LogP contribution in [0.2, 0.25) is 0 Å². The maximum atomic E-state index is 14.5. The van der Waals surface area contributed by atoms with Crippen molar-refractivity contribution in [1.29, 1.82) is 0 Å². The van der Waals surface area contributed by atoms with Crippen LogP contribution < -0.4 is 21.7 Å². The van der Waals surface area contributed by atoms with E-state index in [2.05, 4.69) is 16.0 Å². The molecule has 3 rings (SSSR count). The largest absolute Gasteiger partial charge is 0.394 e. The fourth-order valence-corrected chi connectivity index (χ4v) is 11.4. The van der Waals surface area contributed by atoms with Gasteiger partial charge in [-0.2, -0.15) is 0 Å². The molecule has 0 aromatic carbocycles. The number of rotatable bonds is 32. The van der Waals surface area contributed by atoms with E-state index in [-0.39, 0.29) is 78.9 Å². The van der Waals surface area contributed by atoms with Crippen molar-refractivity contribution < 1.29 is 88.0 Å². The molecule has 3 aliphatic rings. The molecule has 1 saturated carbocycles. The molecule has 3 fully saturated rings. The highest BCUT2D eigenvalue weighted by atomic mass is 16.7. The smallest absolute Gasteiger partial charge is 0.224 e. The molecule has 81 heavy (non-hydrogen) atoms. The van der Waals surface area contributed by atoms with Gasteiger partial charge in [0.05, 0.1) is 49.6 Å². The molecule has 464 valence electrons. The summed E-state index contributed by atoms with van der Waals surface area (Å²) < 4.78 is 17.6. The summed E-state index contributed by atoms with van der Waals surface area (Å²) in [6.45, 7) is 22.3. The molecular weight excluding hydrogens is 1050 g/mol. The van der Waals surface area contributed by atoms with Gasteiger partial charge in [-0.05, 0) is 69.6 Å². The van der Waals surface area contributed by atoms with Crippen molar-refractivity contribution in [1.82, 2.24) is 16.0 Å². The number of ether oxygens (including phenoxy) is 3. The molecule has 22 heteroatoms. The summed E-state index contributed by atoms with van der Waals surface area (Å²) in [5.74, 6) is -10.7. The molecule has 1 aliphatic carbocycles. The van der Waals surface area contributed by atoms with Gasteiger partial charge < -0.3 is 66.5 Å². The van der Waals surface area contributed by atoms with Crippen molar-refractivity contribution in [3.05, 3.63) is 0 Å². The van der Waals surface area contributed by atoms with Gasteiger partial charge in [-0.3, -0.25) is 43.2 Å². The number of hydrogen-bond acceptors (Lipinski definition) is 19. The summed E-state index contributed by atoms with van der Waals surface area (Å²) in [6, 6.07) is -3.83. The SMILES string of the molecule is CC(=O)[C@H](C)NC(=O)C(CC(=O)[C@@H](NC(=O)C(CC(=O)[C@H](C)NC(=O)C(C)CC(=O)[C@@H]1CCCCC1C(=O)C(CC(=O)[C@@H](N)C(C)C[C@H]1OC(CO)[C@H](O)[C@H](O[C@@H]2OC(CO)[C@H](O)[C@H](O)C2O)C1C)C(C)C)C(C)C)C(C)C)C(C)C. The van der Waals surface area contributed by atoms with Gasteiger partial charge in [0.25, 0.3) is 0 Å². The fourth-order valence-electron chi connectivity index (χ4n) is 11.4.